The lowest BCUT2D eigenvalue weighted by Crippen LogP contribution is -2.45. The van der Waals surface area contributed by atoms with Gasteiger partial charge in [0.2, 0.25) is 5.91 Å². The predicted molar refractivity (Wildman–Crippen MR) is 297 cm³/mol. The molecule has 404 valence electrons. The highest BCUT2D eigenvalue weighted by Gasteiger charge is 2.20. The fourth-order valence-electron chi connectivity index (χ4n) is 9.81. The van der Waals surface area contributed by atoms with Crippen molar-refractivity contribution >= 4 is 11.9 Å². The Labute approximate surface area is 425 Å². The largest absolute Gasteiger partial charge is 0.466 e. The van der Waals surface area contributed by atoms with Crippen molar-refractivity contribution in [3.63, 3.8) is 0 Å². The fraction of sp³-hybridized carbons (Fsp3) is 0.935. The molecule has 0 saturated carbocycles. The van der Waals surface area contributed by atoms with E-state index in [1.807, 2.05) is 0 Å². The zero-order valence-electron chi connectivity index (χ0n) is 46.1. The molecule has 1 amide bonds. The van der Waals surface area contributed by atoms with Gasteiger partial charge in [0.1, 0.15) is 0 Å². The molecule has 0 aliphatic heterocycles. The van der Waals surface area contributed by atoms with Crippen LogP contribution in [0.3, 0.4) is 0 Å². The molecule has 0 spiro atoms. The Morgan fingerprint density at radius 2 is 0.691 bits per heavy atom. The number of unbranched alkanes of at least 4 members (excludes halogenated alkanes) is 45. The third-order valence-electron chi connectivity index (χ3n) is 14.6. The number of esters is 1. The van der Waals surface area contributed by atoms with Crippen LogP contribution in [0.4, 0.5) is 0 Å². The maximum atomic E-state index is 12.5. The van der Waals surface area contributed by atoms with E-state index in [1.165, 1.54) is 270 Å². The molecule has 0 saturated heterocycles. The van der Waals surface area contributed by atoms with Gasteiger partial charge in [-0.2, -0.15) is 0 Å². The first-order valence-electron chi connectivity index (χ1n) is 30.9. The molecule has 0 aliphatic carbocycles. The van der Waals surface area contributed by atoms with Gasteiger partial charge in [0.25, 0.3) is 0 Å². The second-order valence-corrected chi connectivity index (χ2v) is 21.4. The highest BCUT2D eigenvalue weighted by atomic mass is 16.5. The van der Waals surface area contributed by atoms with Gasteiger partial charge in [-0.3, -0.25) is 9.59 Å². The fourth-order valence-corrected chi connectivity index (χ4v) is 9.81. The summed E-state index contributed by atoms with van der Waals surface area (Å²) in [5.41, 5.74) is 0. The van der Waals surface area contributed by atoms with Crippen LogP contribution in [-0.2, 0) is 14.3 Å². The van der Waals surface area contributed by atoms with Crippen LogP contribution < -0.4 is 5.32 Å². The first-order chi connectivity index (χ1) is 33.5. The molecule has 3 N–H and O–H groups in total. The van der Waals surface area contributed by atoms with E-state index in [0.29, 0.717) is 25.9 Å². The van der Waals surface area contributed by atoms with E-state index in [9.17, 15) is 19.8 Å². The highest BCUT2D eigenvalue weighted by molar-refractivity contribution is 5.76. The van der Waals surface area contributed by atoms with E-state index in [-0.39, 0.29) is 18.5 Å². The van der Waals surface area contributed by atoms with E-state index in [0.717, 1.165) is 44.9 Å². The number of rotatable bonds is 58. The molecule has 2 atom stereocenters. The number of carbonyl (C=O) groups excluding carboxylic acids is 2. The SMILES string of the molecule is CCCCC/C=C\CCCCCCCC(=O)OCCCCCCCCCCCCCCCCCCCCCCCCCCCC(=O)NC(CO)C(O)CCCCCCCCCCCCCCCC. The zero-order valence-corrected chi connectivity index (χ0v) is 46.1. The van der Waals surface area contributed by atoms with E-state index >= 15 is 0 Å². The summed E-state index contributed by atoms with van der Waals surface area (Å²) in [5.74, 6) is -0.0244. The molecule has 0 aliphatic rings. The molecule has 6 heteroatoms. The second kappa shape index (κ2) is 58.2. The molecule has 0 bridgehead atoms. The van der Waals surface area contributed by atoms with Crippen LogP contribution in [-0.4, -0.2) is 47.4 Å². The monoisotopic (exact) mass is 960 g/mol. The Morgan fingerprint density at radius 1 is 0.397 bits per heavy atom. The summed E-state index contributed by atoms with van der Waals surface area (Å²) < 4.78 is 5.47. The summed E-state index contributed by atoms with van der Waals surface area (Å²) in [6.45, 7) is 4.95. The van der Waals surface area contributed by atoms with Crippen molar-refractivity contribution in [2.75, 3.05) is 13.2 Å². The summed E-state index contributed by atoms with van der Waals surface area (Å²) in [7, 11) is 0. The summed E-state index contributed by atoms with van der Waals surface area (Å²) in [6.07, 6.45) is 69.4. The highest BCUT2D eigenvalue weighted by Crippen LogP contribution is 2.18. The maximum absolute atomic E-state index is 12.5. The van der Waals surface area contributed by atoms with E-state index in [1.54, 1.807) is 0 Å². The molecule has 0 aromatic rings. The number of allylic oxidation sites excluding steroid dienone is 2. The van der Waals surface area contributed by atoms with Crippen molar-refractivity contribution in [2.45, 2.75) is 360 Å². The quantitative estimate of drug-likeness (QED) is 0.0321. The van der Waals surface area contributed by atoms with Crippen molar-refractivity contribution < 1.29 is 24.5 Å². The number of amides is 1. The van der Waals surface area contributed by atoms with Gasteiger partial charge in [0.05, 0.1) is 25.4 Å². The standard InChI is InChI=1S/C62H121NO5/c1-3-5-7-9-11-13-15-17-31-34-38-42-46-50-54-60(65)59(58-64)63-61(66)55-51-47-43-39-35-32-29-27-25-23-21-19-18-20-22-24-26-28-30-33-37-41-45-49-53-57-68-62(67)56-52-48-44-40-36-16-14-12-10-8-6-4-2/h12,14,59-60,64-65H,3-11,13,15-58H2,1-2H3,(H,63,66)/b14-12-. The lowest BCUT2D eigenvalue weighted by molar-refractivity contribution is -0.143. The van der Waals surface area contributed by atoms with Crippen LogP contribution in [0.5, 0.6) is 0 Å². The van der Waals surface area contributed by atoms with Gasteiger partial charge in [0, 0.05) is 12.8 Å². The van der Waals surface area contributed by atoms with Crippen LogP contribution in [0.25, 0.3) is 0 Å². The molecule has 0 aromatic heterocycles. The molecule has 0 aromatic carbocycles. The predicted octanol–water partition coefficient (Wildman–Crippen LogP) is 19.2. The first kappa shape index (κ1) is 66.6. The summed E-state index contributed by atoms with van der Waals surface area (Å²) in [6, 6.07) is -0.539. The van der Waals surface area contributed by atoms with Crippen molar-refractivity contribution in [1.82, 2.24) is 5.32 Å². The van der Waals surface area contributed by atoms with Gasteiger partial charge >= 0.3 is 5.97 Å². The van der Waals surface area contributed by atoms with Gasteiger partial charge in [-0.05, 0) is 51.4 Å². The molecule has 68 heavy (non-hydrogen) atoms. The number of aliphatic hydroxyl groups is 2. The third kappa shape index (κ3) is 53.9. The smallest absolute Gasteiger partial charge is 0.305 e. The van der Waals surface area contributed by atoms with Crippen LogP contribution in [0, 0.1) is 0 Å². The number of hydrogen-bond acceptors (Lipinski definition) is 5. The van der Waals surface area contributed by atoms with Crippen molar-refractivity contribution in [3.8, 4) is 0 Å². The average molecular weight is 961 g/mol. The maximum Gasteiger partial charge on any atom is 0.305 e. The van der Waals surface area contributed by atoms with Gasteiger partial charge in [-0.1, -0.05) is 296 Å². The lowest BCUT2D eigenvalue weighted by atomic mass is 10.0. The Kier molecular flexibility index (Phi) is 57.0. The lowest BCUT2D eigenvalue weighted by Gasteiger charge is -2.22. The van der Waals surface area contributed by atoms with Crippen molar-refractivity contribution in [3.05, 3.63) is 12.2 Å². The van der Waals surface area contributed by atoms with Crippen LogP contribution >= 0.6 is 0 Å². The molecule has 0 radical (unpaired) electrons. The minimum Gasteiger partial charge on any atom is -0.466 e. The van der Waals surface area contributed by atoms with Crippen molar-refractivity contribution in [2.24, 2.45) is 0 Å². The van der Waals surface area contributed by atoms with Crippen LogP contribution in [0.15, 0.2) is 12.2 Å². The average Bonchev–Trinajstić information content (AvgIpc) is 3.34. The number of ether oxygens (including phenoxy) is 1. The molecular formula is C62H121NO5. The topological polar surface area (TPSA) is 95.9 Å². The molecule has 6 nitrogen and oxygen atoms in total. The summed E-state index contributed by atoms with van der Waals surface area (Å²) in [4.78, 5) is 24.5. The van der Waals surface area contributed by atoms with Gasteiger partial charge < -0.3 is 20.3 Å². The molecular weight excluding hydrogens is 839 g/mol. The third-order valence-corrected chi connectivity index (χ3v) is 14.6. The summed E-state index contributed by atoms with van der Waals surface area (Å²) in [5, 5.41) is 23.3. The van der Waals surface area contributed by atoms with Gasteiger partial charge in [-0.25, -0.2) is 0 Å². The Balaban J connectivity index is 3.35. The Hall–Kier alpha value is -1.40. The molecule has 0 rings (SSSR count). The summed E-state index contributed by atoms with van der Waals surface area (Å²) >= 11 is 0. The van der Waals surface area contributed by atoms with Gasteiger partial charge in [0.15, 0.2) is 0 Å². The number of nitrogens with one attached hydrogen (secondary N) is 1. The number of carbonyl (C=O) groups is 2. The van der Waals surface area contributed by atoms with E-state index < -0.39 is 12.1 Å². The number of hydrogen-bond donors (Lipinski definition) is 3. The molecule has 2 unspecified atom stereocenters. The van der Waals surface area contributed by atoms with Crippen LogP contribution in [0.1, 0.15) is 348 Å². The second-order valence-electron chi connectivity index (χ2n) is 21.4. The van der Waals surface area contributed by atoms with Crippen molar-refractivity contribution in [1.29, 1.82) is 0 Å². The van der Waals surface area contributed by atoms with Crippen LogP contribution in [0.2, 0.25) is 0 Å². The normalized spacial score (nSPS) is 12.6. The number of aliphatic hydroxyl groups excluding tert-OH is 2. The first-order valence-corrected chi connectivity index (χ1v) is 30.9. The molecule has 0 heterocycles. The molecule has 0 fully saturated rings. The minimum absolute atomic E-state index is 0.00679. The van der Waals surface area contributed by atoms with Gasteiger partial charge in [-0.15, -0.1) is 0 Å². The van der Waals surface area contributed by atoms with E-state index in [2.05, 4.69) is 31.3 Å². The Morgan fingerprint density at radius 3 is 1.07 bits per heavy atom. The van der Waals surface area contributed by atoms with E-state index in [4.69, 9.17) is 4.74 Å². The Bertz CT molecular complexity index is 1020. The zero-order chi connectivity index (χ0) is 49.3. The minimum atomic E-state index is -0.662.